The average Bonchev–Trinajstić information content (AvgIpc) is 2.58. The van der Waals surface area contributed by atoms with Crippen LogP contribution < -0.4 is 11.5 Å². The third kappa shape index (κ3) is 3.46. The zero-order chi connectivity index (χ0) is 18.0. The molecule has 2 aromatic carbocycles. The molecule has 130 valence electrons. The standard InChI is InChI=1S/C19H23Cl3N2/c1-4-10-7-12(15(20)14(6-3)18(10)23)9-13-8-11(5-2)19(24)17(22)16(13)21/h7-8H,4-6,9,23-24H2,1-3H3. The lowest BCUT2D eigenvalue weighted by atomic mass is 9.94. The van der Waals surface area contributed by atoms with Crippen LogP contribution in [0.4, 0.5) is 11.4 Å². The van der Waals surface area contributed by atoms with Gasteiger partial charge in [0.15, 0.2) is 0 Å². The van der Waals surface area contributed by atoms with Crippen LogP contribution in [0.5, 0.6) is 0 Å². The Morgan fingerprint density at radius 1 is 0.667 bits per heavy atom. The first-order chi connectivity index (χ1) is 11.3. The first kappa shape index (κ1) is 19.2. The van der Waals surface area contributed by atoms with E-state index in [1.54, 1.807) is 0 Å². The van der Waals surface area contributed by atoms with E-state index in [2.05, 4.69) is 19.9 Å². The second-order valence-corrected chi connectivity index (χ2v) is 7.01. The van der Waals surface area contributed by atoms with E-state index in [0.717, 1.165) is 52.8 Å². The van der Waals surface area contributed by atoms with Gasteiger partial charge in [0.05, 0.1) is 15.7 Å². The predicted octanol–water partition coefficient (Wildman–Crippen LogP) is 6.09. The number of rotatable bonds is 5. The number of nitrogen functional groups attached to an aromatic ring is 2. The third-order valence-corrected chi connectivity index (χ3v) is 5.86. The average molecular weight is 386 g/mol. The molecule has 0 atom stereocenters. The lowest BCUT2D eigenvalue weighted by molar-refractivity contribution is 1.06. The molecule has 0 unspecified atom stereocenters. The summed E-state index contributed by atoms with van der Waals surface area (Å²) in [7, 11) is 0. The van der Waals surface area contributed by atoms with Crippen LogP contribution in [0.25, 0.3) is 0 Å². The predicted molar refractivity (Wildman–Crippen MR) is 108 cm³/mol. The van der Waals surface area contributed by atoms with Crippen LogP contribution in [0, 0.1) is 0 Å². The molecule has 0 saturated heterocycles. The van der Waals surface area contributed by atoms with Crippen molar-refractivity contribution in [2.75, 3.05) is 11.5 Å². The van der Waals surface area contributed by atoms with Crippen molar-refractivity contribution in [2.24, 2.45) is 0 Å². The molecular weight excluding hydrogens is 363 g/mol. The summed E-state index contributed by atoms with van der Waals surface area (Å²) >= 11 is 19.3. The van der Waals surface area contributed by atoms with Crippen molar-refractivity contribution in [3.63, 3.8) is 0 Å². The Morgan fingerprint density at radius 2 is 1.17 bits per heavy atom. The number of aryl methyl sites for hydroxylation is 2. The van der Waals surface area contributed by atoms with Gasteiger partial charge >= 0.3 is 0 Å². The zero-order valence-corrected chi connectivity index (χ0v) is 16.5. The minimum atomic E-state index is 0.420. The van der Waals surface area contributed by atoms with Crippen LogP contribution in [0.15, 0.2) is 12.1 Å². The van der Waals surface area contributed by atoms with E-state index in [1.807, 2.05) is 13.0 Å². The molecule has 0 bridgehead atoms. The molecule has 0 spiro atoms. The van der Waals surface area contributed by atoms with Gasteiger partial charge in [-0.1, -0.05) is 67.7 Å². The molecule has 0 heterocycles. The molecule has 0 aromatic heterocycles. The van der Waals surface area contributed by atoms with E-state index in [9.17, 15) is 0 Å². The van der Waals surface area contributed by atoms with Crippen molar-refractivity contribution in [1.29, 1.82) is 0 Å². The minimum Gasteiger partial charge on any atom is -0.398 e. The van der Waals surface area contributed by atoms with Crippen molar-refractivity contribution in [2.45, 2.75) is 46.5 Å². The summed E-state index contributed by atoms with van der Waals surface area (Å²) in [4.78, 5) is 0. The second-order valence-electron chi connectivity index (χ2n) is 5.87. The molecule has 24 heavy (non-hydrogen) atoms. The van der Waals surface area contributed by atoms with Gasteiger partial charge in [0, 0.05) is 17.1 Å². The van der Waals surface area contributed by atoms with Gasteiger partial charge in [-0.25, -0.2) is 0 Å². The summed E-state index contributed by atoms with van der Waals surface area (Å²) in [6.07, 6.45) is 3.05. The van der Waals surface area contributed by atoms with E-state index in [0.29, 0.717) is 27.2 Å². The molecule has 0 fully saturated rings. The molecule has 0 aliphatic carbocycles. The lowest BCUT2D eigenvalue weighted by Gasteiger charge is -2.17. The molecule has 0 aliphatic rings. The molecule has 4 N–H and O–H groups in total. The van der Waals surface area contributed by atoms with E-state index in [4.69, 9.17) is 46.3 Å². The molecule has 2 aromatic rings. The Bertz CT molecular complexity index is 770. The maximum atomic E-state index is 6.61. The summed E-state index contributed by atoms with van der Waals surface area (Å²) < 4.78 is 0. The molecule has 2 rings (SSSR count). The molecule has 0 aliphatic heterocycles. The highest BCUT2D eigenvalue weighted by Crippen LogP contribution is 2.38. The number of nitrogens with two attached hydrogens (primary N) is 2. The Labute approximate surface area is 159 Å². The Balaban J connectivity index is 2.58. The molecule has 2 nitrogen and oxygen atoms in total. The largest absolute Gasteiger partial charge is 0.398 e. The maximum absolute atomic E-state index is 6.61. The van der Waals surface area contributed by atoms with Crippen LogP contribution >= 0.6 is 34.8 Å². The van der Waals surface area contributed by atoms with Crippen molar-refractivity contribution in [1.82, 2.24) is 0 Å². The Hall–Kier alpha value is -1.09. The van der Waals surface area contributed by atoms with Crippen molar-refractivity contribution < 1.29 is 0 Å². The van der Waals surface area contributed by atoms with Gasteiger partial charge in [-0.3, -0.25) is 0 Å². The highest BCUT2D eigenvalue weighted by molar-refractivity contribution is 6.44. The van der Waals surface area contributed by atoms with Crippen LogP contribution in [0.3, 0.4) is 0 Å². The first-order valence-corrected chi connectivity index (χ1v) is 9.32. The number of hydrogen-bond acceptors (Lipinski definition) is 2. The minimum absolute atomic E-state index is 0.420. The Morgan fingerprint density at radius 3 is 1.67 bits per heavy atom. The number of hydrogen-bond donors (Lipinski definition) is 2. The zero-order valence-electron chi connectivity index (χ0n) is 14.3. The highest BCUT2D eigenvalue weighted by atomic mass is 35.5. The van der Waals surface area contributed by atoms with Gasteiger partial charge in [0.2, 0.25) is 0 Å². The van der Waals surface area contributed by atoms with E-state index < -0.39 is 0 Å². The van der Waals surface area contributed by atoms with Crippen LogP contribution in [0.2, 0.25) is 15.1 Å². The highest BCUT2D eigenvalue weighted by Gasteiger charge is 2.17. The first-order valence-electron chi connectivity index (χ1n) is 8.19. The normalized spacial score (nSPS) is 11.1. The quantitative estimate of drug-likeness (QED) is 0.612. The molecule has 0 amide bonds. The van der Waals surface area contributed by atoms with Crippen LogP contribution in [-0.4, -0.2) is 0 Å². The van der Waals surface area contributed by atoms with Gasteiger partial charge in [-0.15, -0.1) is 0 Å². The number of halogens is 3. The number of anilines is 2. The van der Waals surface area contributed by atoms with E-state index in [1.165, 1.54) is 0 Å². The van der Waals surface area contributed by atoms with Crippen molar-refractivity contribution >= 4 is 46.2 Å². The van der Waals surface area contributed by atoms with Gasteiger partial charge in [0.25, 0.3) is 0 Å². The smallest absolute Gasteiger partial charge is 0.0827 e. The molecule has 0 radical (unpaired) electrons. The number of benzene rings is 2. The summed E-state index contributed by atoms with van der Waals surface area (Å²) in [5.41, 5.74) is 18.7. The fourth-order valence-corrected chi connectivity index (χ4v) is 3.82. The van der Waals surface area contributed by atoms with Crippen molar-refractivity contribution in [3.8, 4) is 0 Å². The van der Waals surface area contributed by atoms with Crippen LogP contribution in [0.1, 0.15) is 48.6 Å². The summed E-state index contributed by atoms with van der Waals surface area (Å²) in [6.45, 7) is 6.19. The lowest BCUT2D eigenvalue weighted by Crippen LogP contribution is -2.04. The summed E-state index contributed by atoms with van der Waals surface area (Å²) in [6, 6.07) is 4.09. The van der Waals surface area contributed by atoms with Gasteiger partial charge < -0.3 is 11.5 Å². The fourth-order valence-electron chi connectivity index (χ4n) is 3.00. The Kier molecular flexibility index (Phi) is 6.30. The molecule has 0 saturated carbocycles. The third-order valence-electron chi connectivity index (χ3n) is 4.47. The SMILES string of the molecule is CCc1cc(Cc2cc(CC)c(N)c(CC)c2Cl)c(Cl)c(Cl)c1N. The second kappa shape index (κ2) is 7.86. The van der Waals surface area contributed by atoms with E-state index >= 15 is 0 Å². The van der Waals surface area contributed by atoms with Crippen molar-refractivity contribution in [3.05, 3.63) is 55.0 Å². The monoisotopic (exact) mass is 384 g/mol. The van der Waals surface area contributed by atoms with Gasteiger partial charge in [-0.2, -0.15) is 0 Å². The maximum Gasteiger partial charge on any atom is 0.0827 e. The summed E-state index contributed by atoms with van der Waals surface area (Å²) in [5.74, 6) is 0. The topological polar surface area (TPSA) is 52.0 Å². The molecule has 5 heteroatoms. The van der Waals surface area contributed by atoms with E-state index in [-0.39, 0.29) is 0 Å². The fraction of sp³-hybridized carbons (Fsp3) is 0.368. The van der Waals surface area contributed by atoms with Gasteiger partial charge in [-0.05, 0) is 47.1 Å². The molecular formula is C19H23Cl3N2. The summed E-state index contributed by atoms with van der Waals surface area (Å²) in [5, 5.41) is 1.63. The van der Waals surface area contributed by atoms with Crippen LogP contribution in [-0.2, 0) is 25.7 Å². The van der Waals surface area contributed by atoms with Gasteiger partial charge in [0.1, 0.15) is 0 Å².